The second-order valence-electron chi connectivity index (χ2n) is 7.02. The van der Waals surface area contributed by atoms with Crippen LogP contribution in [0.4, 0.5) is 0 Å². The Balaban J connectivity index is 2.56. The maximum atomic E-state index is 12.3. The van der Waals surface area contributed by atoms with E-state index in [1.807, 2.05) is 30.3 Å². The lowest BCUT2D eigenvalue weighted by molar-refractivity contribution is 0.0213. The average Bonchev–Trinajstić information content (AvgIpc) is 2.55. The molecule has 0 spiro atoms. The Kier molecular flexibility index (Phi) is 9.66. The fourth-order valence-electron chi connectivity index (χ4n) is 3.01. The van der Waals surface area contributed by atoms with E-state index >= 15 is 0 Å². The number of ether oxygens (including phenoxy) is 1. The normalized spacial score (nSPS) is 13.8. The summed E-state index contributed by atoms with van der Waals surface area (Å²) in [7, 11) is 0. The maximum absolute atomic E-state index is 12.3. The van der Waals surface area contributed by atoms with Crippen molar-refractivity contribution in [1.29, 1.82) is 0 Å². The van der Waals surface area contributed by atoms with Gasteiger partial charge in [0, 0.05) is 0 Å². The van der Waals surface area contributed by atoms with Gasteiger partial charge in [-0.2, -0.15) is 0 Å². The number of unbranched alkanes of at least 4 members (excludes halogenated alkanes) is 1. The van der Waals surface area contributed by atoms with E-state index in [0.717, 1.165) is 25.2 Å². The summed E-state index contributed by atoms with van der Waals surface area (Å²) < 4.78 is 5.81. The van der Waals surface area contributed by atoms with Gasteiger partial charge in [-0.15, -0.1) is 0 Å². The third kappa shape index (κ3) is 8.20. The van der Waals surface area contributed by atoms with E-state index < -0.39 is 0 Å². The van der Waals surface area contributed by atoms with E-state index in [2.05, 4.69) is 27.7 Å². The van der Waals surface area contributed by atoms with Crippen LogP contribution < -0.4 is 0 Å². The van der Waals surface area contributed by atoms with Crippen LogP contribution in [0.1, 0.15) is 83.0 Å². The molecule has 0 aliphatic heterocycles. The first-order valence-electron chi connectivity index (χ1n) is 9.32. The minimum Gasteiger partial charge on any atom is -0.459 e. The van der Waals surface area contributed by atoms with Crippen LogP contribution in [0.5, 0.6) is 0 Å². The van der Waals surface area contributed by atoms with Gasteiger partial charge in [0.1, 0.15) is 6.10 Å². The molecule has 0 bridgehead atoms. The van der Waals surface area contributed by atoms with Crippen molar-refractivity contribution in [2.45, 2.75) is 78.7 Å². The molecule has 2 nitrogen and oxygen atoms in total. The molecule has 1 rings (SSSR count). The highest BCUT2D eigenvalue weighted by molar-refractivity contribution is 5.89. The standard InChI is InChI=1S/C21H34O2/c1-5-7-11-18(6-2)14-15-20(16-17(3)4)23-21(22)19-12-9-8-10-13-19/h8-10,12-13,17-18,20H,5-7,11,14-16H2,1-4H3/t18-,20-/m1/s1. The van der Waals surface area contributed by atoms with Crippen molar-refractivity contribution >= 4 is 5.97 Å². The lowest BCUT2D eigenvalue weighted by atomic mass is 9.91. The minimum absolute atomic E-state index is 0.0402. The number of hydrogen-bond donors (Lipinski definition) is 0. The van der Waals surface area contributed by atoms with Crippen LogP contribution in [0.15, 0.2) is 30.3 Å². The van der Waals surface area contributed by atoms with Gasteiger partial charge in [-0.25, -0.2) is 4.79 Å². The van der Waals surface area contributed by atoms with E-state index in [-0.39, 0.29) is 12.1 Å². The highest BCUT2D eigenvalue weighted by Gasteiger charge is 2.19. The minimum atomic E-state index is -0.183. The maximum Gasteiger partial charge on any atom is 0.338 e. The highest BCUT2D eigenvalue weighted by Crippen LogP contribution is 2.23. The summed E-state index contributed by atoms with van der Waals surface area (Å²) in [6, 6.07) is 9.33. The highest BCUT2D eigenvalue weighted by atomic mass is 16.5. The molecule has 0 unspecified atom stereocenters. The van der Waals surface area contributed by atoms with Gasteiger partial charge in [-0.1, -0.05) is 71.6 Å². The van der Waals surface area contributed by atoms with E-state index in [1.165, 1.54) is 25.7 Å². The number of rotatable bonds is 11. The predicted molar refractivity (Wildman–Crippen MR) is 97.6 cm³/mol. The summed E-state index contributed by atoms with van der Waals surface area (Å²) in [4.78, 5) is 12.3. The lowest BCUT2D eigenvalue weighted by Crippen LogP contribution is -2.21. The van der Waals surface area contributed by atoms with Gasteiger partial charge in [0.25, 0.3) is 0 Å². The van der Waals surface area contributed by atoms with Crippen LogP contribution in [0.3, 0.4) is 0 Å². The third-order valence-corrected chi connectivity index (χ3v) is 4.46. The van der Waals surface area contributed by atoms with Crippen LogP contribution >= 0.6 is 0 Å². The summed E-state index contributed by atoms with van der Waals surface area (Å²) in [6.07, 6.45) is 8.22. The van der Waals surface area contributed by atoms with Crippen LogP contribution in [0, 0.1) is 11.8 Å². The number of benzene rings is 1. The molecule has 0 aliphatic rings. The Morgan fingerprint density at radius 3 is 2.30 bits per heavy atom. The zero-order chi connectivity index (χ0) is 17.1. The molecule has 1 aromatic rings. The van der Waals surface area contributed by atoms with Crippen molar-refractivity contribution in [3.05, 3.63) is 35.9 Å². The van der Waals surface area contributed by atoms with Crippen LogP contribution in [-0.4, -0.2) is 12.1 Å². The summed E-state index contributed by atoms with van der Waals surface area (Å²) in [6.45, 7) is 8.90. The van der Waals surface area contributed by atoms with Crippen molar-refractivity contribution in [2.75, 3.05) is 0 Å². The third-order valence-electron chi connectivity index (χ3n) is 4.46. The van der Waals surface area contributed by atoms with Crippen molar-refractivity contribution in [2.24, 2.45) is 11.8 Å². The molecule has 0 saturated heterocycles. The fourth-order valence-corrected chi connectivity index (χ4v) is 3.01. The first kappa shape index (κ1) is 19.7. The van der Waals surface area contributed by atoms with Gasteiger partial charge in [-0.3, -0.25) is 0 Å². The first-order chi connectivity index (χ1) is 11.1. The monoisotopic (exact) mass is 318 g/mol. The molecule has 0 heterocycles. The average molecular weight is 319 g/mol. The van der Waals surface area contributed by atoms with Gasteiger partial charge in [0.2, 0.25) is 0 Å². The molecule has 0 radical (unpaired) electrons. The van der Waals surface area contributed by atoms with Gasteiger partial charge >= 0.3 is 5.97 Å². The molecule has 0 amide bonds. The zero-order valence-corrected chi connectivity index (χ0v) is 15.4. The van der Waals surface area contributed by atoms with E-state index in [1.54, 1.807) is 0 Å². The van der Waals surface area contributed by atoms with Gasteiger partial charge in [0.15, 0.2) is 0 Å². The molecule has 2 heteroatoms. The lowest BCUT2D eigenvalue weighted by Gasteiger charge is -2.22. The van der Waals surface area contributed by atoms with Crippen molar-refractivity contribution < 1.29 is 9.53 Å². The molecular formula is C21H34O2. The second kappa shape index (κ2) is 11.3. The number of carbonyl (C=O) groups excluding carboxylic acids is 1. The van der Waals surface area contributed by atoms with E-state index in [0.29, 0.717) is 11.5 Å². The smallest absolute Gasteiger partial charge is 0.338 e. The molecule has 23 heavy (non-hydrogen) atoms. The molecule has 0 saturated carbocycles. The molecule has 130 valence electrons. The fraction of sp³-hybridized carbons (Fsp3) is 0.667. The molecule has 0 N–H and O–H groups in total. The largest absolute Gasteiger partial charge is 0.459 e. The van der Waals surface area contributed by atoms with Crippen LogP contribution in [0.25, 0.3) is 0 Å². The van der Waals surface area contributed by atoms with Crippen molar-refractivity contribution in [3.63, 3.8) is 0 Å². The number of esters is 1. The molecule has 2 atom stereocenters. The van der Waals surface area contributed by atoms with Gasteiger partial charge < -0.3 is 4.74 Å². The Hall–Kier alpha value is -1.31. The van der Waals surface area contributed by atoms with Crippen LogP contribution in [0.2, 0.25) is 0 Å². The SMILES string of the molecule is CCCC[C@@H](CC)CC[C@H](CC(C)C)OC(=O)c1ccccc1. The second-order valence-corrected chi connectivity index (χ2v) is 7.02. The predicted octanol–water partition coefficient (Wildman–Crippen LogP) is 6.25. The van der Waals surface area contributed by atoms with E-state index in [4.69, 9.17) is 4.74 Å². The quantitative estimate of drug-likeness (QED) is 0.450. The number of carbonyl (C=O) groups is 1. The molecule has 0 aromatic heterocycles. The molecule has 1 aromatic carbocycles. The zero-order valence-electron chi connectivity index (χ0n) is 15.4. The van der Waals surface area contributed by atoms with E-state index in [9.17, 15) is 4.79 Å². The Morgan fingerprint density at radius 2 is 1.74 bits per heavy atom. The summed E-state index contributed by atoms with van der Waals surface area (Å²) in [5.74, 6) is 1.12. The van der Waals surface area contributed by atoms with Crippen molar-refractivity contribution in [1.82, 2.24) is 0 Å². The molecule has 0 aliphatic carbocycles. The van der Waals surface area contributed by atoms with Crippen LogP contribution in [-0.2, 0) is 4.74 Å². The summed E-state index contributed by atoms with van der Waals surface area (Å²) in [5, 5.41) is 0. The topological polar surface area (TPSA) is 26.3 Å². The first-order valence-corrected chi connectivity index (χ1v) is 9.32. The Bertz CT molecular complexity index is 425. The molecule has 0 fully saturated rings. The summed E-state index contributed by atoms with van der Waals surface area (Å²) >= 11 is 0. The molecular weight excluding hydrogens is 284 g/mol. The van der Waals surface area contributed by atoms with Gasteiger partial charge in [0.05, 0.1) is 5.56 Å². The number of hydrogen-bond acceptors (Lipinski definition) is 2. The van der Waals surface area contributed by atoms with Crippen molar-refractivity contribution in [3.8, 4) is 0 Å². The Morgan fingerprint density at radius 1 is 1.04 bits per heavy atom. The summed E-state index contributed by atoms with van der Waals surface area (Å²) in [5.41, 5.74) is 0.652. The van der Waals surface area contributed by atoms with Gasteiger partial charge in [-0.05, 0) is 43.2 Å². The Labute approximate surface area is 142 Å².